The van der Waals surface area contributed by atoms with E-state index in [0.717, 1.165) is 17.3 Å². The quantitative estimate of drug-likeness (QED) is 0.639. The van der Waals surface area contributed by atoms with Gasteiger partial charge in [0.05, 0.1) is 25.2 Å². The maximum Gasteiger partial charge on any atom is 0.244 e. The van der Waals surface area contributed by atoms with Gasteiger partial charge < -0.3 is 14.0 Å². The van der Waals surface area contributed by atoms with Gasteiger partial charge in [0.2, 0.25) is 10.0 Å². The van der Waals surface area contributed by atoms with Crippen LogP contribution >= 0.6 is 0 Å². The second-order valence-electron chi connectivity index (χ2n) is 6.72. The lowest BCUT2D eigenvalue weighted by Gasteiger charge is -2.36. The molecule has 0 N–H and O–H groups in total. The van der Waals surface area contributed by atoms with E-state index in [9.17, 15) is 12.8 Å². The van der Waals surface area contributed by atoms with Crippen molar-refractivity contribution in [3.05, 3.63) is 77.9 Å². The molecule has 0 fully saturated rings. The predicted octanol–water partition coefficient (Wildman–Crippen LogP) is 3.44. The van der Waals surface area contributed by atoms with Gasteiger partial charge in [-0.25, -0.2) is 12.8 Å². The van der Waals surface area contributed by atoms with Gasteiger partial charge in [-0.2, -0.15) is 4.31 Å². The molecule has 0 radical (unpaired) electrons. The van der Waals surface area contributed by atoms with Crippen LogP contribution in [0.25, 0.3) is 0 Å². The van der Waals surface area contributed by atoms with E-state index < -0.39 is 21.9 Å². The first kappa shape index (κ1) is 19.5. The van der Waals surface area contributed by atoms with Gasteiger partial charge in [-0.3, -0.25) is 0 Å². The van der Waals surface area contributed by atoms with Crippen LogP contribution in [0, 0.1) is 5.82 Å². The standard InChI is InChI=1S/C21H21FN2O4S/c1-27-19-9-8-15(13-20(19)28-2)21-18-7-4-10-23(18)11-12-24(21)29(25,26)17-6-3-5-16(22)14-17/h3-10,13-14,21H,11-12H2,1-2H3. The Morgan fingerprint density at radius 2 is 1.76 bits per heavy atom. The summed E-state index contributed by atoms with van der Waals surface area (Å²) in [7, 11) is -0.850. The third-order valence-electron chi connectivity index (χ3n) is 5.12. The average molecular weight is 416 g/mol. The Bertz CT molecular complexity index is 1140. The molecule has 1 unspecified atom stereocenters. The molecule has 1 aliphatic heterocycles. The first-order chi connectivity index (χ1) is 14.0. The molecule has 1 aromatic heterocycles. The number of hydrogen-bond donors (Lipinski definition) is 0. The fourth-order valence-corrected chi connectivity index (χ4v) is 5.36. The van der Waals surface area contributed by atoms with Gasteiger partial charge in [0.1, 0.15) is 5.82 Å². The molecule has 1 aliphatic rings. The Balaban J connectivity index is 1.86. The first-order valence-corrected chi connectivity index (χ1v) is 10.5. The normalized spacial score (nSPS) is 17.0. The zero-order chi connectivity index (χ0) is 20.6. The summed E-state index contributed by atoms with van der Waals surface area (Å²) in [5, 5.41) is 0. The average Bonchev–Trinajstić information content (AvgIpc) is 3.21. The van der Waals surface area contributed by atoms with Crippen LogP contribution < -0.4 is 9.47 Å². The van der Waals surface area contributed by atoms with Gasteiger partial charge >= 0.3 is 0 Å². The number of ether oxygens (including phenoxy) is 2. The van der Waals surface area contributed by atoms with Gasteiger partial charge in [0.25, 0.3) is 0 Å². The van der Waals surface area contributed by atoms with Gasteiger partial charge in [0.15, 0.2) is 11.5 Å². The van der Waals surface area contributed by atoms with E-state index in [-0.39, 0.29) is 11.4 Å². The van der Waals surface area contributed by atoms with Crippen molar-refractivity contribution in [2.75, 3.05) is 20.8 Å². The highest BCUT2D eigenvalue weighted by Gasteiger charge is 2.38. The van der Waals surface area contributed by atoms with Crippen LogP contribution in [0.3, 0.4) is 0 Å². The summed E-state index contributed by atoms with van der Waals surface area (Å²) in [5.41, 5.74) is 1.57. The van der Waals surface area contributed by atoms with Crippen molar-refractivity contribution >= 4 is 10.0 Å². The molecule has 152 valence electrons. The van der Waals surface area contributed by atoms with E-state index >= 15 is 0 Å². The van der Waals surface area contributed by atoms with Gasteiger partial charge in [-0.05, 0) is 48.0 Å². The summed E-state index contributed by atoms with van der Waals surface area (Å²) in [6.07, 6.45) is 1.93. The van der Waals surface area contributed by atoms with Gasteiger partial charge in [0, 0.05) is 25.0 Å². The number of benzene rings is 2. The summed E-state index contributed by atoms with van der Waals surface area (Å²) in [4.78, 5) is -0.0667. The molecule has 0 saturated carbocycles. The number of hydrogen-bond acceptors (Lipinski definition) is 4. The molecule has 2 heterocycles. The van der Waals surface area contributed by atoms with Crippen LogP contribution in [0.5, 0.6) is 11.5 Å². The van der Waals surface area contributed by atoms with Crippen LogP contribution in [-0.4, -0.2) is 38.1 Å². The topological polar surface area (TPSA) is 60.8 Å². The van der Waals surface area contributed by atoms with Crippen molar-refractivity contribution in [1.82, 2.24) is 8.87 Å². The lowest BCUT2D eigenvalue weighted by Crippen LogP contribution is -2.42. The second kappa shape index (κ2) is 7.53. The number of nitrogens with zero attached hydrogens (tertiary/aromatic N) is 2. The Morgan fingerprint density at radius 3 is 2.48 bits per heavy atom. The predicted molar refractivity (Wildman–Crippen MR) is 106 cm³/mol. The van der Waals surface area contributed by atoms with Crippen molar-refractivity contribution in [2.24, 2.45) is 0 Å². The molecule has 4 rings (SSSR count). The number of halogens is 1. The molecule has 0 aliphatic carbocycles. The number of methoxy groups -OCH3 is 2. The third-order valence-corrected chi connectivity index (χ3v) is 6.98. The molecule has 0 amide bonds. The monoisotopic (exact) mass is 416 g/mol. The number of fused-ring (bicyclic) bond motifs is 1. The number of sulfonamides is 1. The molecule has 0 bridgehead atoms. The maximum atomic E-state index is 13.7. The van der Waals surface area contributed by atoms with Crippen molar-refractivity contribution in [3.63, 3.8) is 0 Å². The van der Waals surface area contributed by atoms with Crippen molar-refractivity contribution in [2.45, 2.75) is 17.5 Å². The van der Waals surface area contributed by atoms with E-state index in [4.69, 9.17) is 9.47 Å². The van der Waals surface area contributed by atoms with E-state index in [0.29, 0.717) is 18.0 Å². The minimum atomic E-state index is -3.93. The van der Waals surface area contributed by atoms with Gasteiger partial charge in [-0.1, -0.05) is 12.1 Å². The van der Waals surface area contributed by atoms with E-state index in [1.54, 1.807) is 19.2 Å². The maximum absolute atomic E-state index is 13.7. The van der Waals surface area contributed by atoms with Crippen molar-refractivity contribution < 1.29 is 22.3 Å². The SMILES string of the molecule is COc1ccc(C2c3cccn3CCN2S(=O)(=O)c2cccc(F)c2)cc1OC. The summed E-state index contributed by atoms with van der Waals surface area (Å²) < 4.78 is 54.7. The van der Waals surface area contributed by atoms with Crippen LogP contribution in [0.2, 0.25) is 0 Å². The highest BCUT2D eigenvalue weighted by Crippen LogP contribution is 2.39. The minimum absolute atomic E-state index is 0.0667. The Morgan fingerprint density at radius 1 is 0.966 bits per heavy atom. The van der Waals surface area contributed by atoms with Crippen LogP contribution in [0.4, 0.5) is 4.39 Å². The molecule has 29 heavy (non-hydrogen) atoms. The van der Waals surface area contributed by atoms with Crippen LogP contribution in [-0.2, 0) is 16.6 Å². The molecule has 6 nitrogen and oxygen atoms in total. The van der Waals surface area contributed by atoms with Crippen molar-refractivity contribution in [3.8, 4) is 11.5 Å². The highest BCUT2D eigenvalue weighted by atomic mass is 32.2. The second-order valence-corrected chi connectivity index (χ2v) is 8.61. The molecule has 8 heteroatoms. The van der Waals surface area contributed by atoms with E-state index in [1.807, 2.05) is 29.0 Å². The smallest absolute Gasteiger partial charge is 0.244 e. The minimum Gasteiger partial charge on any atom is -0.493 e. The molecule has 3 aromatic rings. The summed E-state index contributed by atoms with van der Waals surface area (Å²) in [6, 6.07) is 13.7. The lowest BCUT2D eigenvalue weighted by molar-refractivity contribution is 0.296. The fourth-order valence-electron chi connectivity index (χ4n) is 3.74. The Kier molecular flexibility index (Phi) is 5.06. The number of rotatable bonds is 5. The Labute approximate surface area is 169 Å². The largest absolute Gasteiger partial charge is 0.493 e. The van der Waals surface area contributed by atoms with E-state index in [2.05, 4.69) is 0 Å². The Hall–Kier alpha value is -2.84. The third kappa shape index (κ3) is 3.38. The molecule has 2 aromatic carbocycles. The zero-order valence-electron chi connectivity index (χ0n) is 16.1. The molecule has 1 atom stereocenters. The lowest BCUT2D eigenvalue weighted by atomic mass is 10.0. The first-order valence-electron chi connectivity index (χ1n) is 9.10. The molecular formula is C21H21FN2O4S. The fraction of sp³-hybridized carbons (Fsp3) is 0.238. The van der Waals surface area contributed by atoms with Crippen molar-refractivity contribution in [1.29, 1.82) is 0 Å². The van der Waals surface area contributed by atoms with Gasteiger partial charge in [-0.15, -0.1) is 0 Å². The van der Waals surface area contributed by atoms with Crippen LogP contribution in [0.15, 0.2) is 65.7 Å². The zero-order valence-corrected chi connectivity index (χ0v) is 16.9. The van der Waals surface area contributed by atoms with E-state index in [1.165, 1.54) is 29.6 Å². The number of aromatic nitrogens is 1. The highest BCUT2D eigenvalue weighted by molar-refractivity contribution is 7.89. The molecular weight excluding hydrogens is 395 g/mol. The van der Waals surface area contributed by atoms with Crippen LogP contribution in [0.1, 0.15) is 17.3 Å². The summed E-state index contributed by atoms with van der Waals surface area (Å²) in [5.74, 6) is 0.480. The summed E-state index contributed by atoms with van der Waals surface area (Å²) >= 11 is 0. The molecule has 0 spiro atoms. The summed E-state index contributed by atoms with van der Waals surface area (Å²) in [6.45, 7) is 0.778. The molecule has 0 saturated heterocycles.